The van der Waals surface area contributed by atoms with Crippen molar-refractivity contribution in [2.75, 3.05) is 10.6 Å². The van der Waals surface area contributed by atoms with Crippen molar-refractivity contribution >= 4 is 23.6 Å². The van der Waals surface area contributed by atoms with E-state index in [1.165, 1.54) is 11.0 Å². The van der Waals surface area contributed by atoms with Crippen LogP contribution in [-0.4, -0.2) is 31.9 Å². The number of aryl methyl sites for hydroxylation is 2. The first-order valence-electron chi connectivity index (χ1n) is 6.27. The van der Waals surface area contributed by atoms with Crippen molar-refractivity contribution in [1.29, 1.82) is 0 Å². The molecule has 2 amide bonds. The second-order valence-electron chi connectivity index (χ2n) is 4.38. The molecule has 3 N–H and O–H groups in total. The molecule has 110 valence electrons. The van der Waals surface area contributed by atoms with Gasteiger partial charge in [-0.1, -0.05) is 12.1 Å². The molecule has 1 aromatic carbocycles. The number of nitrogens with one attached hydrogen (secondary N) is 2. The molecule has 1 heterocycles. The van der Waals surface area contributed by atoms with Crippen LogP contribution in [0.3, 0.4) is 0 Å². The van der Waals surface area contributed by atoms with Crippen molar-refractivity contribution in [3.63, 3.8) is 0 Å². The molecule has 8 heteroatoms. The highest BCUT2D eigenvalue weighted by atomic mass is 16.4. The van der Waals surface area contributed by atoms with Gasteiger partial charge in [0.25, 0.3) is 0 Å². The Kier molecular flexibility index (Phi) is 4.50. The van der Waals surface area contributed by atoms with E-state index in [-0.39, 0.29) is 6.42 Å². The Hall–Kier alpha value is -2.90. The predicted molar refractivity (Wildman–Crippen MR) is 76.0 cm³/mol. The van der Waals surface area contributed by atoms with Gasteiger partial charge in [-0.2, -0.15) is 10.1 Å². The van der Waals surface area contributed by atoms with E-state index in [1.54, 1.807) is 31.3 Å². The van der Waals surface area contributed by atoms with Crippen molar-refractivity contribution in [2.24, 2.45) is 7.05 Å². The van der Waals surface area contributed by atoms with Crippen molar-refractivity contribution in [2.45, 2.75) is 12.8 Å². The van der Waals surface area contributed by atoms with E-state index in [2.05, 4.69) is 20.7 Å². The van der Waals surface area contributed by atoms with Gasteiger partial charge in [0.2, 0.25) is 5.95 Å². The molecule has 8 nitrogen and oxygen atoms in total. The standard InChI is InChI=1S/C13H15N5O3/c1-18-12(14-8-15-18)17-13(21)16-10-5-2-9(3-6-10)4-7-11(19)20/h2-3,5-6,8H,4,7H2,1H3,(H,19,20)(H2,14,15,16,17,21). The van der Waals surface area contributed by atoms with Crippen molar-refractivity contribution in [1.82, 2.24) is 14.8 Å². The Morgan fingerprint density at radius 3 is 2.52 bits per heavy atom. The molecule has 0 aliphatic rings. The Labute approximate surface area is 120 Å². The summed E-state index contributed by atoms with van der Waals surface area (Å²) >= 11 is 0. The van der Waals surface area contributed by atoms with Crippen molar-refractivity contribution < 1.29 is 14.7 Å². The van der Waals surface area contributed by atoms with Gasteiger partial charge < -0.3 is 10.4 Å². The summed E-state index contributed by atoms with van der Waals surface area (Å²) in [5.41, 5.74) is 1.51. The van der Waals surface area contributed by atoms with E-state index in [0.717, 1.165) is 5.56 Å². The zero-order valence-electron chi connectivity index (χ0n) is 11.4. The fourth-order valence-corrected chi connectivity index (χ4v) is 1.68. The van der Waals surface area contributed by atoms with Crippen LogP contribution in [0.5, 0.6) is 0 Å². The summed E-state index contributed by atoms with van der Waals surface area (Å²) in [6.45, 7) is 0. The molecule has 0 aliphatic heterocycles. The molecule has 21 heavy (non-hydrogen) atoms. The van der Waals surface area contributed by atoms with Crippen LogP contribution >= 0.6 is 0 Å². The number of aliphatic carboxylic acids is 1. The Balaban J connectivity index is 1.89. The number of nitrogens with zero attached hydrogens (tertiary/aromatic N) is 3. The van der Waals surface area contributed by atoms with Gasteiger partial charge in [0, 0.05) is 19.2 Å². The molecule has 0 bridgehead atoms. The number of hydrogen-bond acceptors (Lipinski definition) is 4. The van der Waals surface area contributed by atoms with Crippen LogP contribution < -0.4 is 10.6 Å². The summed E-state index contributed by atoms with van der Waals surface area (Å²) in [6, 6.07) is 6.56. The summed E-state index contributed by atoms with van der Waals surface area (Å²) < 4.78 is 1.44. The number of aromatic nitrogens is 3. The van der Waals surface area contributed by atoms with Gasteiger partial charge in [-0.15, -0.1) is 0 Å². The number of carboxylic acids is 1. The van der Waals surface area contributed by atoms with Gasteiger partial charge in [-0.05, 0) is 24.1 Å². The van der Waals surface area contributed by atoms with Gasteiger partial charge in [0.15, 0.2) is 0 Å². The Bertz CT molecular complexity index is 636. The number of urea groups is 1. The average Bonchev–Trinajstić information content (AvgIpc) is 2.83. The first kappa shape index (κ1) is 14.5. The number of amides is 2. The number of anilines is 2. The summed E-state index contributed by atoms with van der Waals surface area (Å²) in [5, 5.41) is 17.7. The predicted octanol–water partition coefficient (Wildman–Crippen LogP) is 1.48. The molecular weight excluding hydrogens is 274 g/mol. The zero-order valence-corrected chi connectivity index (χ0v) is 11.4. The SMILES string of the molecule is Cn1ncnc1NC(=O)Nc1ccc(CCC(=O)O)cc1. The minimum Gasteiger partial charge on any atom is -0.481 e. The summed E-state index contributed by atoms with van der Waals surface area (Å²) in [7, 11) is 1.67. The molecule has 0 aliphatic carbocycles. The van der Waals surface area contributed by atoms with Crippen LogP contribution in [0.1, 0.15) is 12.0 Å². The van der Waals surface area contributed by atoms with E-state index in [4.69, 9.17) is 5.11 Å². The number of benzene rings is 1. The molecule has 0 radical (unpaired) electrons. The molecule has 2 aromatic rings. The minimum absolute atomic E-state index is 0.0828. The van der Waals surface area contributed by atoms with E-state index in [0.29, 0.717) is 18.1 Å². The number of carbonyl (C=O) groups excluding carboxylic acids is 1. The highest BCUT2D eigenvalue weighted by molar-refractivity contribution is 5.98. The molecule has 0 spiro atoms. The maximum absolute atomic E-state index is 11.8. The smallest absolute Gasteiger partial charge is 0.326 e. The Morgan fingerprint density at radius 1 is 1.24 bits per heavy atom. The van der Waals surface area contributed by atoms with Crippen LogP contribution in [0, 0.1) is 0 Å². The maximum Gasteiger partial charge on any atom is 0.326 e. The van der Waals surface area contributed by atoms with Crippen LogP contribution in [0.2, 0.25) is 0 Å². The number of carboxylic acid groups (broad SMARTS) is 1. The van der Waals surface area contributed by atoms with Crippen LogP contribution in [0.15, 0.2) is 30.6 Å². The van der Waals surface area contributed by atoms with Crippen LogP contribution in [-0.2, 0) is 18.3 Å². The fourth-order valence-electron chi connectivity index (χ4n) is 1.68. The van der Waals surface area contributed by atoms with Crippen LogP contribution in [0.4, 0.5) is 16.4 Å². The van der Waals surface area contributed by atoms with E-state index >= 15 is 0 Å². The lowest BCUT2D eigenvalue weighted by molar-refractivity contribution is -0.136. The second kappa shape index (κ2) is 6.51. The summed E-state index contributed by atoms with van der Waals surface area (Å²) in [5.74, 6) is -0.495. The highest BCUT2D eigenvalue weighted by Crippen LogP contribution is 2.11. The van der Waals surface area contributed by atoms with E-state index < -0.39 is 12.0 Å². The molecule has 0 fully saturated rings. The molecule has 0 saturated carbocycles. The van der Waals surface area contributed by atoms with Gasteiger partial charge in [-0.3, -0.25) is 10.1 Å². The topological polar surface area (TPSA) is 109 Å². The van der Waals surface area contributed by atoms with E-state index in [1.807, 2.05) is 0 Å². The molecule has 1 aromatic heterocycles. The third kappa shape index (κ3) is 4.30. The number of carbonyl (C=O) groups is 2. The summed E-state index contributed by atoms with van der Waals surface area (Å²) in [6.07, 6.45) is 1.88. The summed E-state index contributed by atoms with van der Waals surface area (Å²) in [4.78, 5) is 26.1. The quantitative estimate of drug-likeness (QED) is 0.772. The fraction of sp³-hybridized carbons (Fsp3) is 0.231. The first-order chi connectivity index (χ1) is 10.0. The molecule has 0 saturated heterocycles. The van der Waals surface area contributed by atoms with Gasteiger partial charge >= 0.3 is 12.0 Å². The highest BCUT2D eigenvalue weighted by Gasteiger charge is 2.06. The first-order valence-corrected chi connectivity index (χ1v) is 6.27. The maximum atomic E-state index is 11.8. The zero-order chi connectivity index (χ0) is 15.2. The third-order valence-electron chi connectivity index (χ3n) is 2.78. The lowest BCUT2D eigenvalue weighted by Gasteiger charge is -2.07. The normalized spacial score (nSPS) is 10.1. The minimum atomic E-state index is -0.833. The molecule has 0 unspecified atom stereocenters. The lowest BCUT2D eigenvalue weighted by Crippen LogP contribution is -2.21. The van der Waals surface area contributed by atoms with Gasteiger partial charge in [0.05, 0.1) is 0 Å². The Morgan fingerprint density at radius 2 is 1.95 bits per heavy atom. The van der Waals surface area contributed by atoms with Crippen molar-refractivity contribution in [3.05, 3.63) is 36.2 Å². The third-order valence-corrected chi connectivity index (χ3v) is 2.78. The second-order valence-corrected chi connectivity index (χ2v) is 4.38. The van der Waals surface area contributed by atoms with E-state index in [9.17, 15) is 9.59 Å². The monoisotopic (exact) mass is 289 g/mol. The molecular formula is C13H15N5O3. The van der Waals surface area contributed by atoms with Gasteiger partial charge in [-0.25, -0.2) is 9.48 Å². The molecule has 2 rings (SSSR count). The van der Waals surface area contributed by atoms with Crippen LogP contribution in [0.25, 0.3) is 0 Å². The number of rotatable bonds is 5. The lowest BCUT2D eigenvalue weighted by atomic mass is 10.1. The average molecular weight is 289 g/mol. The number of hydrogen-bond donors (Lipinski definition) is 3. The van der Waals surface area contributed by atoms with Gasteiger partial charge in [0.1, 0.15) is 6.33 Å². The molecule has 0 atom stereocenters. The van der Waals surface area contributed by atoms with Crippen molar-refractivity contribution in [3.8, 4) is 0 Å². The largest absolute Gasteiger partial charge is 0.481 e.